The Balaban J connectivity index is 1.97. The average molecular weight is 358 g/mol. The topological polar surface area (TPSA) is 99.0 Å². The first-order valence-corrected chi connectivity index (χ1v) is 7.92. The molecule has 0 radical (unpaired) electrons. The second-order valence-corrected chi connectivity index (χ2v) is 5.75. The molecule has 0 aliphatic rings. The second-order valence-electron chi connectivity index (χ2n) is 5.75. The number of nitrogens with one attached hydrogen (secondary N) is 1. The van der Waals surface area contributed by atoms with Crippen molar-refractivity contribution in [3.63, 3.8) is 0 Å². The van der Waals surface area contributed by atoms with Crippen LogP contribution in [-0.2, 0) is 0 Å². The molecule has 0 saturated heterocycles. The van der Waals surface area contributed by atoms with Crippen molar-refractivity contribution >= 4 is 28.4 Å². The Hall–Kier alpha value is -3.30. The molecule has 0 spiro atoms. The molecule has 4 rings (SSSR count). The maximum absolute atomic E-state index is 14.0. The molecule has 10 heteroatoms. The summed E-state index contributed by atoms with van der Waals surface area (Å²) < 4.78 is 29.7. The first-order valence-electron chi connectivity index (χ1n) is 7.92. The fourth-order valence-electron chi connectivity index (χ4n) is 3.06. The molecule has 4 aromatic rings. The van der Waals surface area contributed by atoms with E-state index in [4.69, 9.17) is 5.73 Å². The van der Waals surface area contributed by atoms with E-state index in [1.54, 1.807) is 36.8 Å². The quantitative estimate of drug-likeness (QED) is 0.582. The Labute approximate surface area is 146 Å². The Kier molecular flexibility index (Phi) is 3.67. The van der Waals surface area contributed by atoms with Gasteiger partial charge in [-0.1, -0.05) is 0 Å². The lowest BCUT2D eigenvalue weighted by molar-refractivity contribution is 0.188. The van der Waals surface area contributed by atoms with Gasteiger partial charge in [0.2, 0.25) is 12.2 Å². The smallest absolute Gasteiger partial charge is 0.240 e. The van der Waals surface area contributed by atoms with Crippen molar-refractivity contribution in [1.82, 2.24) is 29.1 Å². The molecule has 1 unspecified atom stereocenters. The highest BCUT2D eigenvalue weighted by Crippen LogP contribution is 2.30. The van der Waals surface area contributed by atoms with Crippen LogP contribution in [0, 0.1) is 6.92 Å². The average Bonchev–Trinajstić information content (AvgIpc) is 3.19. The summed E-state index contributed by atoms with van der Waals surface area (Å²) in [7, 11) is 1.72. The number of nitrogens with two attached hydrogens (primary N) is 1. The van der Waals surface area contributed by atoms with Crippen LogP contribution in [0.5, 0.6) is 0 Å². The van der Waals surface area contributed by atoms with Gasteiger partial charge in [0.15, 0.2) is 11.5 Å². The fourth-order valence-corrected chi connectivity index (χ4v) is 3.06. The van der Waals surface area contributed by atoms with Crippen LogP contribution in [0.3, 0.4) is 0 Å². The zero-order valence-electron chi connectivity index (χ0n) is 14.1. The lowest BCUT2D eigenvalue weighted by Gasteiger charge is -2.09. The number of hydrogen-bond acceptors (Lipinski definition) is 6. The Morgan fingerprint density at radius 1 is 1.23 bits per heavy atom. The molecule has 0 amide bonds. The standard InChI is InChI=1S/C16H16F2N8/c1-8-21-11-4-3-10(22-15(11)26(8)12(18)7-17)9-5-6-25-13(9)14(20-2)23-16(19)24-25/h3-6,12H,7H2,1-2H3,(H3,19,20,23,24). The number of alkyl halides is 2. The molecule has 0 aliphatic carbocycles. The van der Waals surface area contributed by atoms with Gasteiger partial charge in [-0.25, -0.2) is 23.3 Å². The SMILES string of the molecule is CNc1nc(N)nn2ccc(-c3ccc4nc(C)n(C(F)CF)c4n3)c12. The number of aromatic nitrogens is 6. The normalized spacial score (nSPS) is 12.8. The highest BCUT2D eigenvalue weighted by atomic mass is 19.2. The van der Waals surface area contributed by atoms with Crippen LogP contribution in [0.25, 0.3) is 27.9 Å². The number of imidazole rings is 1. The zero-order valence-corrected chi connectivity index (χ0v) is 14.1. The number of fused-ring (bicyclic) bond motifs is 2. The van der Waals surface area contributed by atoms with E-state index >= 15 is 0 Å². The van der Waals surface area contributed by atoms with Crippen LogP contribution < -0.4 is 11.1 Å². The molecule has 4 aromatic heterocycles. The van der Waals surface area contributed by atoms with E-state index in [2.05, 4.69) is 25.4 Å². The van der Waals surface area contributed by atoms with Gasteiger partial charge in [0.05, 0.1) is 5.69 Å². The number of nitrogen functional groups attached to an aromatic ring is 1. The minimum absolute atomic E-state index is 0.129. The molecule has 0 bridgehead atoms. The lowest BCUT2D eigenvalue weighted by atomic mass is 10.2. The molecular weight excluding hydrogens is 342 g/mol. The number of nitrogens with zero attached hydrogens (tertiary/aromatic N) is 6. The number of rotatable bonds is 4. The second kappa shape index (κ2) is 5.90. The van der Waals surface area contributed by atoms with E-state index < -0.39 is 13.0 Å². The third-order valence-corrected chi connectivity index (χ3v) is 4.16. The number of hydrogen-bond donors (Lipinski definition) is 2. The predicted octanol–water partition coefficient (Wildman–Crippen LogP) is 2.51. The maximum atomic E-state index is 14.0. The van der Waals surface area contributed by atoms with Crippen molar-refractivity contribution in [3.8, 4) is 11.3 Å². The summed E-state index contributed by atoms with van der Waals surface area (Å²) in [5.41, 5.74) is 8.47. The molecule has 0 fully saturated rings. The fraction of sp³-hybridized carbons (Fsp3) is 0.250. The van der Waals surface area contributed by atoms with E-state index in [9.17, 15) is 8.78 Å². The Morgan fingerprint density at radius 2 is 2.04 bits per heavy atom. The maximum Gasteiger partial charge on any atom is 0.240 e. The summed E-state index contributed by atoms with van der Waals surface area (Å²) >= 11 is 0. The highest BCUT2D eigenvalue weighted by molar-refractivity contribution is 5.89. The Morgan fingerprint density at radius 3 is 2.77 bits per heavy atom. The molecule has 3 N–H and O–H groups in total. The van der Waals surface area contributed by atoms with E-state index in [0.29, 0.717) is 28.4 Å². The first kappa shape index (κ1) is 16.2. The van der Waals surface area contributed by atoms with Gasteiger partial charge in [-0.15, -0.1) is 5.10 Å². The van der Waals surface area contributed by atoms with E-state index in [1.165, 1.54) is 0 Å². The van der Waals surface area contributed by atoms with Crippen molar-refractivity contribution in [3.05, 3.63) is 30.2 Å². The number of halogens is 2. The van der Waals surface area contributed by atoms with Crippen LogP contribution in [0.4, 0.5) is 20.5 Å². The van der Waals surface area contributed by atoms with Crippen LogP contribution >= 0.6 is 0 Å². The Bertz CT molecular complexity index is 1120. The monoisotopic (exact) mass is 358 g/mol. The summed E-state index contributed by atoms with van der Waals surface area (Å²) in [6.45, 7) is 0.470. The van der Waals surface area contributed by atoms with Gasteiger partial charge in [0.1, 0.15) is 23.5 Å². The minimum Gasteiger partial charge on any atom is -0.371 e. The van der Waals surface area contributed by atoms with Gasteiger partial charge in [-0.3, -0.25) is 4.57 Å². The van der Waals surface area contributed by atoms with Crippen molar-refractivity contribution < 1.29 is 8.78 Å². The van der Waals surface area contributed by atoms with Crippen molar-refractivity contribution in [2.24, 2.45) is 0 Å². The van der Waals surface area contributed by atoms with Crippen LogP contribution in [0.2, 0.25) is 0 Å². The van der Waals surface area contributed by atoms with Crippen molar-refractivity contribution in [2.75, 3.05) is 24.8 Å². The molecule has 0 aliphatic heterocycles. The summed E-state index contributed by atoms with van der Waals surface area (Å²) in [6.07, 6.45) is -0.0955. The molecule has 0 aromatic carbocycles. The van der Waals surface area contributed by atoms with Crippen LogP contribution in [-0.4, -0.2) is 42.9 Å². The van der Waals surface area contributed by atoms with Gasteiger partial charge in [0, 0.05) is 18.8 Å². The number of anilines is 2. The first-order chi connectivity index (χ1) is 12.5. The van der Waals surface area contributed by atoms with Gasteiger partial charge in [-0.05, 0) is 25.1 Å². The highest BCUT2D eigenvalue weighted by Gasteiger charge is 2.19. The summed E-state index contributed by atoms with van der Waals surface area (Å²) in [5.74, 6) is 1.03. The molecule has 8 nitrogen and oxygen atoms in total. The number of aryl methyl sites for hydroxylation is 1. The van der Waals surface area contributed by atoms with Crippen LogP contribution in [0.1, 0.15) is 12.1 Å². The molecule has 134 valence electrons. The molecule has 1 atom stereocenters. The van der Waals surface area contributed by atoms with E-state index in [0.717, 1.165) is 10.1 Å². The van der Waals surface area contributed by atoms with Gasteiger partial charge >= 0.3 is 0 Å². The molecule has 26 heavy (non-hydrogen) atoms. The molecule has 0 saturated carbocycles. The van der Waals surface area contributed by atoms with Gasteiger partial charge in [0.25, 0.3) is 0 Å². The largest absolute Gasteiger partial charge is 0.371 e. The van der Waals surface area contributed by atoms with Crippen molar-refractivity contribution in [1.29, 1.82) is 0 Å². The van der Waals surface area contributed by atoms with Crippen LogP contribution in [0.15, 0.2) is 24.4 Å². The van der Waals surface area contributed by atoms with Gasteiger partial charge in [-0.2, -0.15) is 4.98 Å². The minimum atomic E-state index is -1.83. The third-order valence-electron chi connectivity index (χ3n) is 4.16. The predicted molar refractivity (Wildman–Crippen MR) is 94.3 cm³/mol. The summed E-state index contributed by atoms with van der Waals surface area (Å²) in [4.78, 5) is 13.0. The third kappa shape index (κ3) is 2.33. The number of pyridine rings is 1. The summed E-state index contributed by atoms with van der Waals surface area (Å²) in [6, 6.07) is 5.31. The molecular formula is C16H16F2N8. The van der Waals surface area contributed by atoms with E-state index in [1.807, 2.05) is 6.07 Å². The van der Waals surface area contributed by atoms with Gasteiger partial charge < -0.3 is 11.1 Å². The lowest BCUT2D eigenvalue weighted by Crippen LogP contribution is -2.08. The molecule has 4 heterocycles. The summed E-state index contributed by atoms with van der Waals surface area (Å²) in [5, 5.41) is 7.12. The zero-order chi connectivity index (χ0) is 18.4. The van der Waals surface area contributed by atoms with Crippen molar-refractivity contribution in [2.45, 2.75) is 13.2 Å². The van der Waals surface area contributed by atoms with E-state index in [-0.39, 0.29) is 11.6 Å².